The molecule has 3 fully saturated rings. The molecule has 0 aliphatic carbocycles. The molecule has 4 N–H and O–H groups in total. The smallest absolute Gasteiger partial charge is 0.274 e. The van der Waals surface area contributed by atoms with Gasteiger partial charge in [-0.1, -0.05) is 24.3 Å². The molecule has 57 heavy (non-hydrogen) atoms. The SMILES string of the molecule is O=C1CCC(N2C(=O)c3cccc(N4CCN(C5CN(C(=O)CCCCOc6ccc(CCNC(=O)c7cccc(C(=O)NO)c7)cc6)C5)CC4)c3C2=O)C(=O)N1. The number of rotatable bonds is 14. The summed E-state index contributed by atoms with van der Waals surface area (Å²) in [6.07, 6.45) is 2.69. The zero-order chi connectivity index (χ0) is 40.1. The minimum Gasteiger partial charge on any atom is -0.494 e. The number of hydroxylamine groups is 1. The van der Waals surface area contributed by atoms with Crippen LogP contribution in [0.25, 0.3) is 0 Å². The molecule has 0 radical (unpaired) electrons. The van der Waals surface area contributed by atoms with Gasteiger partial charge in [-0.15, -0.1) is 0 Å². The molecule has 3 saturated heterocycles. The van der Waals surface area contributed by atoms with Crippen molar-refractivity contribution in [2.45, 2.75) is 50.6 Å². The fourth-order valence-corrected chi connectivity index (χ4v) is 7.75. The molecule has 3 aromatic carbocycles. The number of nitrogens with zero attached hydrogens (tertiary/aromatic N) is 4. The molecule has 4 heterocycles. The Morgan fingerprint density at radius 3 is 2.28 bits per heavy atom. The van der Waals surface area contributed by atoms with Crippen molar-refractivity contribution in [1.29, 1.82) is 0 Å². The Bertz CT molecular complexity index is 2060. The molecule has 0 spiro atoms. The van der Waals surface area contributed by atoms with Crippen LogP contribution in [0.4, 0.5) is 5.69 Å². The quantitative estimate of drug-likeness (QED) is 0.0806. The number of ether oxygens (including phenoxy) is 1. The van der Waals surface area contributed by atoms with Crippen LogP contribution in [-0.4, -0.2) is 126 Å². The first kappa shape index (κ1) is 39.1. The molecule has 1 unspecified atom stereocenters. The molecule has 4 aliphatic rings. The van der Waals surface area contributed by atoms with Crippen molar-refractivity contribution in [2.24, 2.45) is 0 Å². The Morgan fingerprint density at radius 1 is 0.842 bits per heavy atom. The van der Waals surface area contributed by atoms with E-state index < -0.39 is 35.6 Å². The van der Waals surface area contributed by atoms with Crippen LogP contribution in [0.5, 0.6) is 5.75 Å². The van der Waals surface area contributed by atoms with E-state index in [-0.39, 0.29) is 41.8 Å². The second-order valence-corrected chi connectivity index (χ2v) is 14.6. The number of nitrogens with one attached hydrogen (secondary N) is 3. The van der Waals surface area contributed by atoms with Gasteiger partial charge in [-0.05, 0) is 73.7 Å². The van der Waals surface area contributed by atoms with Gasteiger partial charge in [0.05, 0.1) is 23.4 Å². The van der Waals surface area contributed by atoms with Gasteiger partial charge >= 0.3 is 0 Å². The lowest BCUT2D eigenvalue weighted by molar-refractivity contribution is -0.139. The van der Waals surface area contributed by atoms with Crippen LogP contribution >= 0.6 is 0 Å². The minimum atomic E-state index is -1.01. The molecule has 1 atom stereocenters. The van der Waals surface area contributed by atoms with Gasteiger partial charge in [0, 0.05) is 75.8 Å². The van der Waals surface area contributed by atoms with Gasteiger partial charge in [0.15, 0.2) is 0 Å². The Labute approximate surface area is 329 Å². The second kappa shape index (κ2) is 17.3. The van der Waals surface area contributed by atoms with Crippen LogP contribution < -0.4 is 25.8 Å². The van der Waals surface area contributed by atoms with E-state index in [1.165, 1.54) is 12.1 Å². The lowest BCUT2D eigenvalue weighted by Gasteiger charge is -2.48. The fourth-order valence-electron chi connectivity index (χ4n) is 7.75. The van der Waals surface area contributed by atoms with E-state index in [9.17, 15) is 33.6 Å². The van der Waals surface area contributed by atoms with Crippen molar-refractivity contribution >= 4 is 47.0 Å². The van der Waals surface area contributed by atoms with Crippen LogP contribution in [0.2, 0.25) is 0 Å². The number of imide groups is 2. The lowest BCUT2D eigenvalue weighted by atomic mass is 10.0. The number of benzene rings is 3. The first-order valence-electron chi connectivity index (χ1n) is 19.3. The highest BCUT2D eigenvalue weighted by molar-refractivity contribution is 6.25. The molecule has 3 aromatic rings. The van der Waals surface area contributed by atoms with Crippen LogP contribution in [0.1, 0.15) is 79.1 Å². The molecule has 0 bridgehead atoms. The second-order valence-electron chi connectivity index (χ2n) is 14.6. The Hall–Kier alpha value is -6.13. The van der Waals surface area contributed by atoms with Gasteiger partial charge < -0.3 is 19.9 Å². The standard InChI is InChI=1S/C41H45N7O9/c49-34-15-14-33(39(53)43-34)48-40(54)31-7-4-8-32(36(31)41(48)55)46-20-18-45(19-21-46)29-24-47(25-29)35(50)9-1-2-22-57-30-12-10-26(11-13-30)16-17-42-37(51)27-5-3-6-28(23-27)38(52)44-56/h3-8,10-13,23,29,33,56H,1-2,9,14-22,24-25H2,(H,42,51)(H,44,52)(H,43,49,53). The topological polar surface area (TPSA) is 198 Å². The van der Waals surface area contributed by atoms with Crippen molar-refractivity contribution in [3.63, 3.8) is 0 Å². The number of amides is 7. The van der Waals surface area contributed by atoms with E-state index in [0.717, 1.165) is 35.7 Å². The summed E-state index contributed by atoms with van der Waals surface area (Å²) in [5, 5.41) is 13.9. The van der Waals surface area contributed by atoms with Gasteiger partial charge in [-0.25, -0.2) is 5.48 Å². The Kier molecular flexibility index (Phi) is 11.9. The molecular weight excluding hydrogens is 734 g/mol. The molecule has 16 nitrogen and oxygen atoms in total. The Balaban J connectivity index is 0.774. The van der Waals surface area contributed by atoms with Crippen LogP contribution in [-0.2, 0) is 20.8 Å². The van der Waals surface area contributed by atoms with Crippen molar-refractivity contribution in [3.8, 4) is 5.75 Å². The highest BCUT2D eigenvalue weighted by Crippen LogP contribution is 2.35. The third kappa shape index (κ3) is 8.66. The number of carbonyl (C=O) groups excluding carboxylic acids is 7. The number of fused-ring (bicyclic) bond motifs is 1. The summed E-state index contributed by atoms with van der Waals surface area (Å²) in [4.78, 5) is 95.2. The van der Waals surface area contributed by atoms with E-state index in [0.29, 0.717) is 75.4 Å². The van der Waals surface area contributed by atoms with Crippen LogP contribution in [0.15, 0.2) is 66.7 Å². The third-order valence-electron chi connectivity index (χ3n) is 11.0. The molecule has 298 valence electrons. The summed E-state index contributed by atoms with van der Waals surface area (Å²) in [5.41, 5.74) is 4.32. The van der Waals surface area contributed by atoms with E-state index >= 15 is 0 Å². The average Bonchev–Trinajstić information content (AvgIpc) is 3.46. The molecule has 7 amide bonds. The summed E-state index contributed by atoms with van der Waals surface area (Å²) in [7, 11) is 0. The summed E-state index contributed by atoms with van der Waals surface area (Å²) >= 11 is 0. The normalized spacial score (nSPS) is 18.5. The highest BCUT2D eigenvalue weighted by atomic mass is 16.5. The molecule has 0 aromatic heterocycles. The lowest BCUT2D eigenvalue weighted by Crippen LogP contribution is -2.64. The average molecular weight is 780 g/mol. The molecule has 0 saturated carbocycles. The number of hydrogen-bond donors (Lipinski definition) is 4. The zero-order valence-electron chi connectivity index (χ0n) is 31.4. The predicted octanol–water partition coefficient (Wildman–Crippen LogP) is 1.76. The van der Waals surface area contributed by atoms with Gasteiger partial charge in [-0.2, -0.15) is 0 Å². The summed E-state index contributed by atoms with van der Waals surface area (Å²) in [6.45, 7) is 5.02. The Morgan fingerprint density at radius 2 is 1.56 bits per heavy atom. The number of carbonyl (C=O) groups is 7. The van der Waals surface area contributed by atoms with Crippen molar-refractivity contribution < 1.29 is 43.5 Å². The summed E-state index contributed by atoms with van der Waals surface area (Å²) in [6, 6.07) is 18.2. The number of piperazine rings is 1. The number of hydrogen-bond acceptors (Lipinski definition) is 11. The first-order valence-corrected chi connectivity index (χ1v) is 19.3. The van der Waals surface area contributed by atoms with Crippen molar-refractivity contribution in [2.75, 3.05) is 57.3 Å². The van der Waals surface area contributed by atoms with E-state index in [2.05, 4.69) is 20.4 Å². The van der Waals surface area contributed by atoms with Crippen molar-refractivity contribution in [1.82, 2.24) is 30.8 Å². The van der Waals surface area contributed by atoms with Crippen LogP contribution in [0.3, 0.4) is 0 Å². The number of piperidine rings is 1. The maximum Gasteiger partial charge on any atom is 0.274 e. The minimum absolute atomic E-state index is 0.0698. The summed E-state index contributed by atoms with van der Waals surface area (Å²) < 4.78 is 5.88. The monoisotopic (exact) mass is 779 g/mol. The van der Waals surface area contributed by atoms with E-state index in [1.807, 2.05) is 35.2 Å². The summed E-state index contributed by atoms with van der Waals surface area (Å²) in [5.74, 6) is -2.21. The first-order chi connectivity index (χ1) is 27.6. The van der Waals surface area contributed by atoms with Gasteiger partial charge in [-0.3, -0.25) is 53.9 Å². The number of likely N-dealkylation sites (tertiary alicyclic amines) is 1. The largest absolute Gasteiger partial charge is 0.494 e. The van der Waals surface area contributed by atoms with Gasteiger partial charge in [0.1, 0.15) is 11.8 Å². The zero-order valence-corrected chi connectivity index (χ0v) is 31.4. The highest BCUT2D eigenvalue weighted by Gasteiger charge is 2.46. The maximum absolute atomic E-state index is 13.6. The number of anilines is 1. The predicted molar refractivity (Wildman–Crippen MR) is 205 cm³/mol. The van der Waals surface area contributed by atoms with Crippen LogP contribution in [0, 0.1) is 0 Å². The molecule has 7 rings (SSSR count). The number of unbranched alkanes of at least 4 members (excludes halogenated alkanes) is 1. The third-order valence-corrected chi connectivity index (χ3v) is 11.0. The van der Waals surface area contributed by atoms with Gasteiger partial charge in [0.2, 0.25) is 17.7 Å². The fraction of sp³-hybridized carbons (Fsp3) is 0.390. The van der Waals surface area contributed by atoms with E-state index in [1.54, 1.807) is 29.7 Å². The van der Waals surface area contributed by atoms with E-state index in [4.69, 9.17) is 9.94 Å². The van der Waals surface area contributed by atoms with Crippen molar-refractivity contribution in [3.05, 3.63) is 94.5 Å². The maximum atomic E-state index is 13.6. The molecule has 16 heteroatoms. The molecular formula is C41H45N7O9. The molecule has 4 aliphatic heterocycles. The van der Waals surface area contributed by atoms with Gasteiger partial charge in [0.25, 0.3) is 23.6 Å².